The van der Waals surface area contributed by atoms with Crippen LogP contribution in [0.5, 0.6) is 11.5 Å². The Kier molecular flexibility index (Phi) is 9.79. The number of para-hydroxylation sites is 2. The zero-order chi connectivity index (χ0) is 27.1. The molecule has 0 heterocycles. The highest BCUT2D eigenvalue weighted by Crippen LogP contribution is 2.43. The lowest BCUT2D eigenvalue weighted by molar-refractivity contribution is 0.101. The number of anilines is 2. The standard InChI is InChI=1S/C28H22Br2N2O4S2/c1-35-23-13-11-17(15-19(23)29)27(33)31-21-7-3-5-9-25(21)37-38-26-10-6-4-8-22(26)32-28(34)18-12-14-24(36-2)20(30)16-18/h3-16H,1-2H3,(H,31,33)(H,32,34). The van der Waals surface area contributed by atoms with E-state index in [1.165, 1.54) is 21.6 Å². The molecule has 0 radical (unpaired) electrons. The number of methoxy groups -OCH3 is 2. The molecule has 0 aromatic heterocycles. The molecular weight excluding hydrogens is 652 g/mol. The molecule has 194 valence electrons. The molecule has 0 spiro atoms. The van der Waals surface area contributed by atoms with Crippen molar-refractivity contribution in [3.05, 3.63) is 105 Å². The number of carbonyl (C=O) groups is 2. The predicted molar refractivity (Wildman–Crippen MR) is 162 cm³/mol. The Bertz CT molecular complexity index is 1370. The summed E-state index contributed by atoms with van der Waals surface area (Å²) in [6.07, 6.45) is 0. The van der Waals surface area contributed by atoms with Crippen molar-refractivity contribution in [2.75, 3.05) is 24.9 Å². The molecule has 0 unspecified atom stereocenters. The first kappa shape index (κ1) is 28.1. The third kappa shape index (κ3) is 6.93. The molecule has 10 heteroatoms. The van der Waals surface area contributed by atoms with Crippen LogP contribution in [-0.4, -0.2) is 26.0 Å². The zero-order valence-corrected chi connectivity index (χ0v) is 25.1. The molecule has 38 heavy (non-hydrogen) atoms. The van der Waals surface area contributed by atoms with Gasteiger partial charge in [0.2, 0.25) is 0 Å². The summed E-state index contributed by atoms with van der Waals surface area (Å²) in [5.41, 5.74) is 2.38. The number of nitrogens with one attached hydrogen (secondary N) is 2. The number of carbonyl (C=O) groups excluding carboxylic acids is 2. The Balaban J connectivity index is 1.47. The second kappa shape index (κ2) is 13.2. The molecule has 0 atom stereocenters. The summed E-state index contributed by atoms with van der Waals surface area (Å²) >= 11 is 6.85. The Hall–Kier alpha value is -2.92. The van der Waals surface area contributed by atoms with Crippen LogP contribution >= 0.6 is 53.4 Å². The molecule has 0 aliphatic carbocycles. The van der Waals surface area contributed by atoms with Crippen molar-refractivity contribution in [3.8, 4) is 11.5 Å². The van der Waals surface area contributed by atoms with Gasteiger partial charge in [-0.25, -0.2) is 0 Å². The van der Waals surface area contributed by atoms with E-state index in [9.17, 15) is 9.59 Å². The Morgan fingerprint density at radius 2 is 1.03 bits per heavy atom. The van der Waals surface area contributed by atoms with Gasteiger partial charge < -0.3 is 20.1 Å². The van der Waals surface area contributed by atoms with Crippen LogP contribution in [0.1, 0.15) is 20.7 Å². The number of hydrogen-bond acceptors (Lipinski definition) is 6. The SMILES string of the molecule is COc1ccc(C(=O)Nc2ccccc2SSc2ccccc2NC(=O)c2ccc(OC)c(Br)c2)cc1Br. The molecular formula is C28H22Br2N2O4S2. The van der Waals surface area contributed by atoms with E-state index in [0.29, 0.717) is 42.9 Å². The van der Waals surface area contributed by atoms with Crippen molar-refractivity contribution in [2.45, 2.75) is 9.79 Å². The van der Waals surface area contributed by atoms with E-state index in [1.54, 1.807) is 50.6 Å². The summed E-state index contributed by atoms with van der Waals surface area (Å²) in [6.45, 7) is 0. The maximum Gasteiger partial charge on any atom is 0.255 e. The molecule has 4 aromatic carbocycles. The maximum atomic E-state index is 12.9. The lowest BCUT2D eigenvalue weighted by Gasteiger charge is -2.13. The largest absolute Gasteiger partial charge is 0.496 e. The Morgan fingerprint density at radius 1 is 0.632 bits per heavy atom. The van der Waals surface area contributed by atoms with E-state index in [4.69, 9.17) is 9.47 Å². The lowest BCUT2D eigenvalue weighted by atomic mass is 10.2. The van der Waals surface area contributed by atoms with Crippen LogP contribution in [0.15, 0.2) is 104 Å². The number of benzene rings is 4. The van der Waals surface area contributed by atoms with Gasteiger partial charge in [-0.2, -0.15) is 0 Å². The van der Waals surface area contributed by atoms with Gasteiger partial charge in [-0.05, 0) is 92.5 Å². The Labute approximate surface area is 245 Å². The third-order valence-corrected chi connectivity index (χ3v) is 9.04. The number of halogens is 2. The monoisotopic (exact) mass is 672 g/mol. The molecule has 2 N–H and O–H groups in total. The van der Waals surface area contributed by atoms with Crippen LogP contribution in [0, 0.1) is 0 Å². The van der Waals surface area contributed by atoms with Crippen molar-refractivity contribution in [2.24, 2.45) is 0 Å². The zero-order valence-electron chi connectivity index (χ0n) is 20.3. The van der Waals surface area contributed by atoms with Gasteiger partial charge in [-0.3, -0.25) is 9.59 Å². The first-order chi connectivity index (χ1) is 18.4. The normalized spacial score (nSPS) is 10.5. The van der Waals surface area contributed by atoms with Crippen LogP contribution < -0.4 is 20.1 Å². The quantitative estimate of drug-likeness (QED) is 0.174. The smallest absolute Gasteiger partial charge is 0.255 e. The van der Waals surface area contributed by atoms with E-state index in [1.807, 2.05) is 48.5 Å². The van der Waals surface area contributed by atoms with E-state index in [0.717, 1.165) is 9.79 Å². The fourth-order valence-corrected chi connectivity index (χ4v) is 6.74. The highest BCUT2D eigenvalue weighted by molar-refractivity contribution is 9.11. The third-order valence-electron chi connectivity index (χ3n) is 5.32. The molecule has 0 saturated heterocycles. The first-order valence-corrected chi connectivity index (χ1v) is 15.0. The van der Waals surface area contributed by atoms with Gasteiger partial charge >= 0.3 is 0 Å². The van der Waals surface area contributed by atoms with Gasteiger partial charge in [-0.1, -0.05) is 45.9 Å². The summed E-state index contributed by atoms with van der Waals surface area (Å²) in [5, 5.41) is 5.98. The lowest BCUT2D eigenvalue weighted by Crippen LogP contribution is -2.12. The molecule has 0 aliphatic rings. The molecule has 0 fully saturated rings. The molecule has 0 saturated carbocycles. The van der Waals surface area contributed by atoms with E-state index in [-0.39, 0.29) is 11.8 Å². The summed E-state index contributed by atoms with van der Waals surface area (Å²) in [5.74, 6) is 0.841. The van der Waals surface area contributed by atoms with Crippen LogP contribution in [0.3, 0.4) is 0 Å². The first-order valence-electron chi connectivity index (χ1n) is 11.2. The van der Waals surface area contributed by atoms with Crippen LogP contribution in [-0.2, 0) is 0 Å². The molecule has 4 aromatic rings. The van der Waals surface area contributed by atoms with E-state index < -0.39 is 0 Å². The highest BCUT2D eigenvalue weighted by Gasteiger charge is 2.15. The topological polar surface area (TPSA) is 76.7 Å². The van der Waals surface area contributed by atoms with E-state index >= 15 is 0 Å². The number of ether oxygens (including phenoxy) is 2. The summed E-state index contributed by atoms with van der Waals surface area (Å²) in [7, 11) is 6.13. The summed E-state index contributed by atoms with van der Waals surface area (Å²) < 4.78 is 11.9. The predicted octanol–water partition coefficient (Wildman–Crippen LogP) is 8.53. The van der Waals surface area contributed by atoms with Gasteiger partial charge in [0.15, 0.2) is 0 Å². The minimum atomic E-state index is -0.232. The molecule has 6 nitrogen and oxygen atoms in total. The van der Waals surface area contributed by atoms with Crippen LogP contribution in [0.25, 0.3) is 0 Å². The molecule has 0 bridgehead atoms. The second-order valence-electron chi connectivity index (χ2n) is 7.77. The average molecular weight is 674 g/mol. The van der Waals surface area contributed by atoms with Crippen molar-refractivity contribution in [1.82, 2.24) is 0 Å². The summed E-state index contributed by atoms with van der Waals surface area (Å²) in [4.78, 5) is 27.6. The summed E-state index contributed by atoms with van der Waals surface area (Å²) in [6, 6.07) is 25.5. The second-order valence-corrected chi connectivity index (χ2v) is 11.7. The highest BCUT2D eigenvalue weighted by atomic mass is 79.9. The van der Waals surface area contributed by atoms with E-state index in [2.05, 4.69) is 42.5 Å². The minimum absolute atomic E-state index is 0.232. The minimum Gasteiger partial charge on any atom is -0.496 e. The van der Waals surface area contributed by atoms with Gasteiger partial charge in [0.1, 0.15) is 11.5 Å². The van der Waals surface area contributed by atoms with Crippen LogP contribution in [0.2, 0.25) is 0 Å². The fourth-order valence-electron chi connectivity index (χ4n) is 3.38. The molecule has 0 aliphatic heterocycles. The van der Waals surface area contributed by atoms with Crippen molar-refractivity contribution in [3.63, 3.8) is 0 Å². The number of rotatable bonds is 9. The van der Waals surface area contributed by atoms with Crippen molar-refractivity contribution < 1.29 is 19.1 Å². The van der Waals surface area contributed by atoms with Crippen molar-refractivity contribution in [1.29, 1.82) is 0 Å². The number of amides is 2. The fraction of sp³-hybridized carbons (Fsp3) is 0.0714. The van der Waals surface area contributed by atoms with Crippen LogP contribution in [0.4, 0.5) is 11.4 Å². The van der Waals surface area contributed by atoms with Gasteiger partial charge in [-0.15, -0.1) is 0 Å². The van der Waals surface area contributed by atoms with Crippen molar-refractivity contribution >= 4 is 76.6 Å². The van der Waals surface area contributed by atoms with Gasteiger partial charge in [0.25, 0.3) is 11.8 Å². The molecule has 2 amide bonds. The van der Waals surface area contributed by atoms with Gasteiger partial charge in [0, 0.05) is 20.9 Å². The average Bonchev–Trinajstić information content (AvgIpc) is 2.93. The maximum absolute atomic E-state index is 12.9. The van der Waals surface area contributed by atoms with Gasteiger partial charge in [0.05, 0.1) is 34.5 Å². The Morgan fingerprint density at radius 3 is 1.39 bits per heavy atom. The number of hydrogen-bond donors (Lipinski definition) is 2. The molecule has 4 rings (SSSR count).